The molecule has 0 spiro atoms. The predicted octanol–water partition coefficient (Wildman–Crippen LogP) is 1.97. The molecule has 19 heavy (non-hydrogen) atoms. The third-order valence-electron chi connectivity index (χ3n) is 2.69. The van der Waals surface area contributed by atoms with Gasteiger partial charge in [0.2, 0.25) is 0 Å². The maximum atomic E-state index is 12.5. The fraction of sp³-hybridized carbons (Fsp3) is 0.667. The minimum atomic E-state index is -0.194. The normalized spacial score (nSPS) is 11.4. The Hall–Kier alpha value is -1.08. The van der Waals surface area contributed by atoms with Crippen LogP contribution in [0.1, 0.15) is 49.5 Å². The molecule has 0 fully saturated rings. The van der Waals surface area contributed by atoms with Crippen LogP contribution < -0.4 is 5.73 Å². The maximum absolute atomic E-state index is 12.5. The second-order valence-corrected chi connectivity index (χ2v) is 6.58. The van der Waals surface area contributed by atoms with E-state index in [0.717, 1.165) is 17.2 Å². The van der Waals surface area contributed by atoms with Gasteiger partial charge >= 0.3 is 0 Å². The van der Waals surface area contributed by atoms with Gasteiger partial charge < -0.3 is 10.6 Å². The SMILES string of the molecule is CCN(CCC(N)=S)C(=O)c1snnc1C(C)(C)C. The van der Waals surface area contributed by atoms with Crippen molar-refractivity contribution in [2.45, 2.75) is 39.5 Å². The molecule has 1 aromatic rings. The Morgan fingerprint density at radius 2 is 2.11 bits per heavy atom. The average molecular weight is 300 g/mol. The number of carbonyl (C=O) groups excluding carboxylic acids is 1. The number of amides is 1. The quantitative estimate of drug-likeness (QED) is 0.842. The Morgan fingerprint density at radius 1 is 1.47 bits per heavy atom. The number of hydrogen-bond acceptors (Lipinski definition) is 5. The lowest BCUT2D eigenvalue weighted by molar-refractivity contribution is 0.0771. The van der Waals surface area contributed by atoms with Crippen molar-refractivity contribution < 1.29 is 4.79 Å². The first-order valence-electron chi connectivity index (χ1n) is 6.17. The second-order valence-electron chi connectivity index (χ2n) is 5.30. The smallest absolute Gasteiger partial charge is 0.267 e. The summed E-state index contributed by atoms with van der Waals surface area (Å²) in [5.74, 6) is -0.0429. The Morgan fingerprint density at radius 3 is 2.58 bits per heavy atom. The van der Waals surface area contributed by atoms with Gasteiger partial charge in [-0.05, 0) is 18.5 Å². The van der Waals surface area contributed by atoms with E-state index < -0.39 is 0 Å². The highest BCUT2D eigenvalue weighted by molar-refractivity contribution is 7.80. The van der Waals surface area contributed by atoms with Gasteiger partial charge in [0, 0.05) is 24.9 Å². The summed E-state index contributed by atoms with van der Waals surface area (Å²) >= 11 is 6.00. The van der Waals surface area contributed by atoms with Crippen molar-refractivity contribution in [1.29, 1.82) is 0 Å². The van der Waals surface area contributed by atoms with Crippen molar-refractivity contribution in [3.63, 3.8) is 0 Å². The molecule has 0 aliphatic carbocycles. The lowest BCUT2D eigenvalue weighted by Gasteiger charge is -2.22. The molecule has 106 valence electrons. The number of thiocarbonyl (C=S) groups is 1. The van der Waals surface area contributed by atoms with Gasteiger partial charge in [-0.2, -0.15) is 0 Å². The van der Waals surface area contributed by atoms with E-state index in [4.69, 9.17) is 18.0 Å². The lowest BCUT2D eigenvalue weighted by atomic mass is 9.91. The molecule has 0 radical (unpaired) electrons. The van der Waals surface area contributed by atoms with E-state index in [1.807, 2.05) is 27.7 Å². The van der Waals surface area contributed by atoms with E-state index in [0.29, 0.717) is 29.4 Å². The molecule has 7 heteroatoms. The van der Waals surface area contributed by atoms with Crippen LogP contribution in [0.25, 0.3) is 0 Å². The minimum absolute atomic E-state index is 0.0429. The number of aromatic nitrogens is 2. The Balaban J connectivity index is 2.92. The van der Waals surface area contributed by atoms with Crippen LogP contribution >= 0.6 is 23.8 Å². The summed E-state index contributed by atoms with van der Waals surface area (Å²) in [5.41, 5.74) is 6.04. The number of hydrogen-bond donors (Lipinski definition) is 1. The van der Waals surface area contributed by atoms with E-state index in [1.54, 1.807) is 4.90 Å². The molecule has 0 saturated carbocycles. The molecule has 0 unspecified atom stereocenters. The summed E-state index contributed by atoms with van der Waals surface area (Å²) in [5, 5.41) is 4.09. The van der Waals surface area contributed by atoms with Crippen molar-refractivity contribution in [3.8, 4) is 0 Å². The van der Waals surface area contributed by atoms with Gasteiger partial charge in [0.25, 0.3) is 5.91 Å². The van der Waals surface area contributed by atoms with Gasteiger partial charge in [0.05, 0.1) is 10.7 Å². The van der Waals surface area contributed by atoms with Crippen molar-refractivity contribution >= 4 is 34.6 Å². The molecule has 1 aromatic heterocycles. The molecule has 2 N–H and O–H groups in total. The van der Waals surface area contributed by atoms with Crippen LogP contribution in [0.2, 0.25) is 0 Å². The molecule has 0 saturated heterocycles. The van der Waals surface area contributed by atoms with Gasteiger partial charge in [-0.1, -0.05) is 37.5 Å². The number of rotatable bonds is 5. The highest BCUT2D eigenvalue weighted by Gasteiger charge is 2.28. The zero-order valence-corrected chi connectivity index (χ0v) is 13.4. The van der Waals surface area contributed by atoms with Gasteiger partial charge in [0.1, 0.15) is 4.88 Å². The summed E-state index contributed by atoms with van der Waals surface area (Å²) in [4.78, 5) is 15.2. The Bertz CT molecular complexity index is 465. The Kier molecular flexibility index (Phi) is 5.37. The lowest BCUT2D eigenvalue weighted by Crippen LogP contribution is -2.34. The van der Waals surface area contributed by atoms with Crippen LogP contribution in [0, 0.1) is 0 Å². The van der Waals surface area contributed by atoms with Gasteiger partial charge in [0.15, 0.2) is 0 Å². The van der Waals surface area contributed by atoms with Gasteiger partial charge in [-0.3, -0.25) is 4.79 Å². The van der Waals surface area contributed by atoms with Crippen molar-refractivity contribution in [3.05, 3.63) is 10.6 Å². The fourth-order valence-electron chi connectivity index (χ4n) is 1.61. The zero-order chi connectivity index (χ0) is 14.6. The molecule has 0 atom stereocenters. The molecule has 1 heterocycles. The molecule has 5 nitrogen and oxygen atoms in total. The van der Waals surface area contributed by atoms with E-state index in [-0.39, 0.29) is 11.3 Å². The first-order chi connectivity index (χ1) is 8.77. The first kappa shape index (κ1) is 16.0. The van der Waals surface area contributed by atoms with Crippen LogP contribution in [0.4, 0.5) is 0 Å². The first-order valence-corrected chi connectivity index (χ1v) is 7.36. The number of nitrogens with zero attached hydrogens (tertiary/aromatic N) is 3. The highest BCUT2D eigenvalue weighted by Crippen LogP contribution is 2.26. The standard InChI is InChI=1S/C12H20N4OS2/c1-5-16(7-6-8(13)18)11(17)9-10(12(2,3)4)14-15-19-9/h5-7H2,1-4H3,(H2,13,18). The average Bonchev–Trinajstić information content (AvgIpc) is 2.77. The predicted molar refractivity (Wildman–Crippen MR) is 81.6 cm³/mol. The summed E-state index contributed by atoms with van der Waals surface area (Å²) in [6.45, 7) is 9.14. The second kappa shape index (κ2) is 6.38. The zero-order valence-electron chi connectivity index (χ0n) is 11.8. The molecular weight excluding hydrogens is 280 g/mol. The highest BCUT2D eigenvalue weighted by atomic mass is 32.1. The van der Waals surface area contributed by atoms with Crippen molar-refractivity contribution in [1.82, 2.24) is 14.5 Å². The summed E-state index contributed by atoms with van der Waals surface area (Å²) in [6, 6.07) is 0. The molecular formula is C12H20N4OS2. The van der Waals surface area contributed by atoms with E-state index in [1.165, 1.54) is 0 Å². The van der Waals surface area contributed by atoms with Crippen LogP contribution in [0.3, 0.4) is 0 Å². The van der Waals surface area contributed by atoms with E-state index in [9.17, 15) is 4.79 Å². The summed E-state index contributed by atoms with van der Waals surface area (Å²) < 4.78 is 3.92. The van der Waals surface area contributed by atoms with Crippen LogP contribution in [0.5, 0.6) is 0 Å². The van der Waals surface area contributed by atoms with Crippen LogP contribution in [-0.2, 0) is 5.41 Å². The molecule has 0 aromatic carbocycles. The van der Waals surface area contributed by atoms with Gasteiger partial charge in [-0.15, -0.1) is 5.10 Å². The minimum Gasteiger partial charge on any atom is -0.393 e. The molecule has 0 bridgehead atoms. The van der Waals surface area contributed by atoms with Crippen molar-refractivity contribution in [2.75, 3.05) is 13.1 Å². The van der Waals surface area contributed by atoms with Crippen molar-refractivity contribution in [2.24, 2.45) is 5.73 Å². The monoisotopic (exact) mass is 300 g/mol. The molecule has 1 amide bonds. The molecule has 1 rings (SSSR count). The number of carbonyl (C=O) groups is 1. The molecule has 0 aliphatic heterocycles. The van der Waals surface area contributed by atoms with E-state index >= 15 is 0 Å². The topological polar surface area (TPSA) is 72.1 Å². The van der Waals surface area contributed by atoms with E-state index in [2.05, 4.69) is 9.59 Å². The maximum Gasteiger partial charge on any atom is 0.267 e. The van der Waals surface area contributed by atoms with Crippen LogP contribution in [-0.4, -0.2) is 38.5 Å². The largest absolute Gasteiger partial charge is 0.393 e. The fourth-order valence-corrected chi connectivity index (χ4v) is 2.55. The summed E-state index contributed by atoms with van der Waals surface area (Å²) in [7, 11) is 0. The number of nitrogens with two attached hydrogens (primary N) is 1. The van der Waals surface area contributed by atoms with Crippen LogP contribution in [0.15, 0.2) is 0 Å². The molecule has 0 aliphatic rings. The Labute approximate surface area is 123 Å². The van der Waals surface area contributed by atoms with Gasteiger partial charge in [-0.25, -0.2) is 0 Å². The third kappa shape index (κ3) is 4.21. The summed E-state index contributed by atoms with van der Waals surface area (Å²) in [6.07, 6.45) is 0.534. The third-order valence-corrected chi connectivity index (χ3v) is 3.61.